The molecule has 0 aliphatic carbocycles. The number of benzene rings is 1. The van der Waals surface area contributed by atoms with Gasteiger partial charge in [-0.1, -0.05) is 0 Å². The number of methoxy groups -OCH3 is 2. The standard InChI is InChI=1S/C25H30N6O3.ClH/c1-5-31-19(12-15-8-9-21(34-4)28-23(15)31)24-27-18-11-16(13-20(33-3)22(18)29(24)2)25(32)30-10-6-7-17(26)14-30;/h8-9,11-13,17H,5-7,10,14,26H2,1-4H3;1H. The molecule has 9 nitrogen and oxygen atoms in total. The molecule has 1 aliphatic rings. The minimum atomic E-state index is -0.0403. The van der Waals surface area contributed by atoms with E-state index in [0.29, 0.717) is 35.8 Å². The van der Waals surface area contributed by atoms with E-state index in [0.717, 1.165) is 47.5 Å². The third kappa shape index (κ3) is 4.19. The van der Waals surface area contributed by atoms with E-state index in [1.54, 1.807) is 20.3 Å². The molecule has 4 heterocycles. The molecule has 35 heavy (non-hydrogen) atoms. The van der Waals surface area contributed by atoms with Gasteiger partial charge in [-0.25, -0.2) is 4.98 Å². The number of nitrogens with zero attached hydrogens (tertiary/aromatic N) is 5. The fourth-order valence-corrected chi connectivity index (χ4v) is 4.92. The fraction of sp³-hybridized carbons (Fsp3) is 0.400. The van der Waals surface area contributed by atoms with Crippen LogP contribution in [0.3, 0.4) is 0 Å². The molecule has 1 atom stereocenters. The molecule has 3 aromatic heterocycles. The molecule has 1 saturated heterocycles. The van der Waals surface area contributed by atoms with Gasteiger partial charge in [0.05, 0.1) is 25.4 Å². The van der Waals surface area contributed by atoms with Crippen LogP contribution >= 0.6 is 12.4 Å². The molecule has 2 N–H and O–H groups in total. The lowest BCUT2D eigenvalue weighted by Gasteiger charge is -2.30. The van der Waals surface area contributed by atoms with E-state index in [9.17, 15) is 4.79 Å². The van der Waals surface area contributed by atoms with Crippen LogP contribution in [-0.4, -0.2) is 63.3 Å². The lowest BCUT2D eigenvalue weighted by molar-refractivity contribution is 0.0708. The monoisotopic (exact) mass is 498 g/mol. The second-order valence-electron chi connectivity index (χ2n) is 8.73. The second kappa shape index (κ2) is 9.75. The van der Waals surface area contributed by atoms with Crippen LogP contribution in [-0.2, 0) is 13.6 Å². The number of piperidine rings is 1. The summed E-state index contributed by atoms with van der Waals surface area (Å²) in [5.41, 5.74) is 9.99. The van der Waals surface area contributed by atoms with E-state index >= 15 is 0 Å². The lowest BCUT2D eigenvalue weighted by Crippen LogP contribution is -2.45. The molecule has 0 bridgehead atoms. The van der Waals surface area contributed by atoms with Crippen molar-refractivity contribution < 1.29 is 14.3 Å². The number of pyridine rings is 1. The van der Waals surface area contributed by atoms with Crippen LogP contribution in [0.25, 0.3) is 33.6 Å². The first-order chi connectivity index (χ1) is 16.4. The van der Waals surface area contributed by atoms with Crippen molar-refractivity contribution in [3.05, 3.63) is 35.9 Å². The van der Waals surface area contributed by atoms with Crippen LogP contribution in [0.5, 0.6) is 11.6 Å². The molecule has 186 valence electrons. The molecule has 0 saturated carbocycles. The van der Waals surface area contributed by atoms with Gasteiger partial charge in [-0.05, 0) is 44.0 Å². The van der Waals surface area contributed by atoms with Crippen molar-refractivity contribution in [2.45, 2.75) is 32.4 Å². The number of rotatable bonds is 5. The SMILES string of the molecule is CCn1c(-c2nc3cc(C(=O)N4CCCC(N)C4)cc(OC)c3n2C)cc2ccc(OC)nc21.Cl. The van der Waals surface area contributed by atoms with E-state index in [1.807, 2.05) is 34.7 Å². The molecule has 4 aromatic rings. The summed E-state index contributed by atoms with van der Waals surface area (Å²) in [5.74, 6) is 1.92. The van der Waals surface area contributed by atoms with E-state index in [2.05, 4.69) is 22.5 Å². The van der Waals surface area contributed by atoms with Crippen molar-refractivity contribution in [3.63, 3.8) is 0 Å². The molecular weight excluding hydrogens is 468 g/mol. The van der Waals surface area contributed by atoms with E-state index in [-0.39, 0.29) is 24.4 Å². The van der Waals surface area contributed by atoms with E-state index < -0.39 is 0 Å². The molecular formula is C25H31ClN6O3. The van der Waals surface area contributed by atoms with Crippen LogP contribution in [0.4, 0.5) is 0 Å². The molecule has 0 spiro atoms. The van der Waals surface area contributed by atoms with Crippen LogP contribution in [0.1, 0.15) is 30.1 Å². The Balaban J connectivity index is 0.00000289. The number of imidazole rings is 1. The van der Waals surface area contributed by atoms with Gasteiger partial charge >= 0.3 is 0 Å². The smallest absolute Gasteiger partial charge is 0.254 e. The number of ether oxygens (including phenoxy) is 2. The fourth-order valence-electron chi connectivity index (χ4n) is 4.92. The first kappa shape index (κ1) is 24.8. The minimum Gasteiger partial charge on any atom is -0.494 e. The number of aryl methyl sites for hydroxylation is 2. The van der Waals surface area contributed by atoms with Gasteiger partial charge in [-0.15, -0.1) is 12.4 Å². The van der Waals surface area contributed by atoms with Gasteiger partial charge in [0.25, 0.3) is 5.91 Å². The topological polar surface area (TPSA) is 100 Å². The highest BCUT2D eigenvalue weighted by molar-refractivity contribution is 6.00. The Morgan fingerprint density at radius 3 is 2.66 bits per heavy atom. The quantitative estimate of drug-likeness (QED) is 0.451. The van der Waals surface area contributed by atoms with Gasteiger partial charge in [0.2, 0.25) is 5.88 Å². The summed E-state index contributed by atoms with van der Waals surface area (Å²) in [6.45, 7) is 4.08. The van der Waals surface area contributed by atoms with Crippen LogP contribution in [0.2, 0.25) is 0 Å². The third-order valence-electron chi connectivity index (χ3n) is 6.62. The highest BCUT2D eigenvalue weighted by atomic mass is 35.5. The molecule has 1 amide bonds. The predicted octanol–water partition coefficient (Wildman–Crippen LogP) is 3.61. The van der Waals surface area contributed by atoms with Crippen LogP contribution in [0.15, 0.2) is 30.3 Å². The number of nitrogens with two attached hydrogens (primary N) is 1. The molecule has 1 aliphatic heterocycles. The Morgan fingerprint density at radius 1 is 1.17 bits per heavy atom. The molecule has 5 rings (SSSR count). The number of likely N-dealkylation sites (tertiary alicyclic amines) is 1. The second-order valence-corrected chi connectivity index (χ2v) is 8.73. The Kier molecular flexibility index (Phi) is 6.91. The van der Waals surface area contributed by atoms with E-state index in [4.69, 9.17) is 20.2 Å². The third-order valence-corrected chi connectivity index (χ3v) is 6.62. The number of hydrogen-bond acceptors (Lipinski definition) is 6. The zero-order valence-electron chi connectivity index (χ0n) is 20.4. The molecule has 1 aromatic carbocycles. The largest absolute Gasteiger partial charge is 0.494 e. The highest BCUT2D eigenvalue weighted by Crippen LogP contribution is 2.34. The average Bonchev–Trinajstić information content (AvgIpc) is 3.39. The summed E-state index contributed by atoms with van der Waals surface area (Å²) < 4.78 is 15.2. The number of amides is 1. The number of hydrogen-bond donors (Lipinski definition) is 1. The maximum absolute atomic E-state index is 13.3. The summed E-state index contributed by atoms with van der Waals surface area (Å²) in [6.07, 6.45) is 1.86. The number of carbonyl (C=O) groups excluding carboxylic acids is 1. The summed E-state index contributed by atoms with van der Waals surface area (Å²) in [6, 6.07) is 9.62. The Bertz CT molecular complexity index is 1400. The highest BCUT2D eigenvalue weighted by Gasteiger charge is 2.25. The van der Waals surface area contributed by atoms with Crippen LogP contribution < -0.4 is 15.2 Å². The van der Waals surface area contributed by atoms with Crippen molar-refractivity contribution in [3.8, 4) is 23.1 Å². The Morgan fingerprint density at radius 2 is 1.97 bits per heavy atom. The summed E-state index contributed by atoms with van der Waals surface area (Å²) >= 11 is 0. The molecule has 1 fully saturated rings. The summed E-state index contributed by atoms with van der Waals surface area (Å²) in [5, 5.41) is 1.01. The number of halogens is 1. The minimum absolute atomic E-state index is 0. The summed E-state index contributed by atoms with van der Waals surface area (Å²) in [7, 11) is 5.19. The zero-order chi connectivity index (χ0) is 24.0. The van der Waals surface area contributed by atoms with Crippen molar-refractivity contribution in [1.29, 1.82) is 0 Å². The number of fused-ring (bicyclic) bond motifs is 2. The molecule has 10 heteroatoms. The van der Waals surface area contributed by atoms with Gasteiger partial charge in [0, 0.05) is 49.7 Å². The maximum atomic E-state index is 13.3. The average molecular weight is 499 g/mol. The van der Waals surface area contributed by atoms with Gasteiger partial charge < -0.3 is 29.2 Å². The van der Waals surface area contributed by atoms with Crippen LogP contribution in [0, 0.1) is 0 Å². The van der Waals surface area contributed by atoms with Crippen molar-refractivity contribution in [1.82, 2.24) is 24.0 Å². The van der Waals surface area contributed by atoms with Gasteiger partial charge in [0.1, 0.15) is 16.9 Å². The number of carbonyl (C=O) groups is 1. The molecule has 1 unspecified atom stereocenters. The predicted molar refractivity (Wildman–Crippen MR) is 139 cm³/mol. The maximum Gasteiger partial charge on any atom is 0.254 e. The zero-order valence-corrected chi connectivity index (χ0v) is 21.3. The normalized spacial score (nSPS) is 15.9. The van der Waals surface area contributed by atoms with Gasteiger partial charge in [-0.2, -0.15) is 4.98 Å². The first-order valence-corrected chi connectivity index (χ1v) is 11.6. The first-order valence-electron chi connectivity index (χ1n) is 11.6. The summed E-state index contributed by atoms with van der Waals surface area (Å²) in [4.78, 5) is 24.7. The van der Waals surface area contributed by atoms with Crippen molar-refractivity contribution in [2.75, 3.05) is 27.3 Å². The Hall–Kier alpha value is -3.30. The van der Waals surface area contributed by atoms with Crippen molar-refractivity contribution >= 4 is 40.4 Å². The van der Waals surface area contributed by atoms with E-state index in [1.165, 1.54) is 0 Å². The lowest BCUT2D eigenvalue weighted by atomic mass is 10.0. The van der Waals surface area contributed by atoms with Crippen molar-refractivity contribution in [2.24, 2.45) is 12.8 Å². The van der Waals surface area contributed by atoms with Gasteiger partial charge in [-0.3, -0.25) is 4.79 Å². The number of aromatic nitrogens is 4. The Labute approximate surface area is 210 Å². The van der Waals surface area contributed by atoms with Gasteiger partial charge in [0.15, 0.2) is 5.82 Å². The molecule has 0 radical (unpaired) electrons.